The number of amides is 2. The van der Waals surface area contributed by atoms with E-state index in [0.717, 1.165) is 12.8 Å². The molecule has 0 bridgehead atoms. The first-order chi connectivity index (χ1) is 13.0. The summed E-state index contributed by atoms with van der Waals surface area (Å²) in [4.78, 5) is 31.4. The standard InChI is InChI=1S/C19H37N5O4.HI/c1-7-27-18(26)24-10-8-15(9-11-24)22-16(20)21-12-14(2)13-23(6)17(25)28-19(3,4)5;/h14-15H,7-13H2,1-6H3,(H3,20,21,22);1H. The lowest BCUT2D eigenvalue weighted by molar-refractivity contribution is 0.0278. The highest BCUT2D eigenvalue weighted by Crippen LogP contribution is 2.12. The third-order valence-corrected chi connectivity index (χ3v) is 4.24. The Morgan fingerprint density at radius 1 is 1.31 bits per heavy atom. The van der Waals surface area contributed by atoms with Crippen LogP contribution in [0.15, 0.2) is 4.99 Å². The van der Waals surface area contributed by atoms with Crippen LogP contribution in [-0.4, -0.2) is 79.4 Å². The summed E-state index contributed by atoms with van der Waals surface area (Å²) in [7, 11) is 1.72. The maximum atomic E-state index is 12.0. The van der Waals surface area contributed by atoms with Gasteiger partial charge in [-0.2, -0.15) is 0 Å². The second-order valence-corrected chi connectivity index (χ2v) is 8.30. The molecule has 0 radical (unpaired) electrons. The van der Waals surface area contributed by atoms with Crippen LogP contribution in [0.5, 0.6) is 0 Å². The van der Waals surface area contributed by atoms with Gasteiger partial charge in [-0.25, -0.2) is 9.59 Å². The maximum absolute atomic E-state index is 12.0. The Morgan fingerprint density at radius 3 is 2.41 bits per heavy atom. The van der Waals surface area contributed by atoms with E-state index in [1.807, 2.05) is 27.7 Å². The molecule has 0 saturated carbocycles. The van der Waals surface area contributed by atoms with Gasteiger partial charge in [-0.15, -0.1) is 24.0 Å². The van der Waals surface area contributed by atoms with Gasteiger partial charge >= 0.3 is 12.2 Å². The summed E-state index contributed by atoms with van der Waals surface area (Å²) in [6, 6.07) is 0.189. The monoisotopic (exact) mass is 527 g/mol. The normalized spacial score (nSPS) is 16.5. The van der Waals surface area contributed by atoms with Crippen LogP contribution in [0.2, 0.25) is 0 Å². The average molecular weight is 527 g/mol. The molecule has 1 rings (SSSR count). The molecule has 29 heavy (non-hydrogen) atoms. The van der Waals surface area contributed by atoms with Crippen molar-refractivity contribution in [3.8, 4) is 0 Å². The van der Waals surface area contributed by atoms with E-state index < -0.39 is 5.60 Å². The number of hydrogen-bond donors (Lipinski definition) is 2. The fourth-order valence-electron chi connectivity index (χ4n) is 2.87. The molecule has 1 saturated heterocycles. The van der Waals surface area contributed by atoms with Gasteiger partial charge in [0.1, 0.15) is 5.60 Å². The number of aliphatic imine (C=N–C) groups is 1. The van der Waals surface area contributed by atoms with Crippen molar-refractivity contribution in [2.45, 2.75) is 59.1 Å². The minimum atomic E-state index is -0.510. The number of hydrogen-bond acceptors (Lipinski definition) is 5. The second-order valence-electron chi connectivity index (χ2n) is 8.30. The fourth-order valence-corrected chi connectivity index (χ4v) is 2.87. The van der Waals surface area contributed by atoms with Crippen molar-refractivity contribution in [3.63, 3.8) is 0 Å². The number of nitrogens with one attached hydrogen (secondary N) is 1. The number of likely N-dealkylation sites (tertiary alicyclic amines) is 1. The summed E-state index contributed by atoms with van der Waals surface area (Å²) in [5.41, 5.74) is 5.49. The molecule has 1 unspecified atom stereocenters. The van der Waals surface area contributed by atoms with E-state index in [4.69, 9.17) is 15.2 Å². The molecule has 1 fully saturated rings. The van der Waals surface area contributed by atoms with Crippen LogP contribution in [0.3, 0.4) is 0 Å². The smallest absolute Gasteiger partial charge is 0.410 e. The SMILES string of the molecule is CCOC(=O)N1CCC(NC(N)=NCC(C)CN(C)C(=O)OC(C)(C)C)CC1.I. The van der Waals surface area contributed by atoms with Crippen molar-refractivity contribution in [1.29, 1.82) is 0 Å². The molecule has 2 amide bonds. The van der Waals surface area contributed by atoms with Crippen molar-refractivity contribution in [2.24, 2.45) is 16.6 Å². The van der Waals surface area contributed by atoms with Crippen LogP contribution in [-0.2, 0) is 9.47 Å². The molecule has 0 spiro atoms. The molecule has 9 nitrogen and oxygen atoms in total. The first-order valence-electron chi connectivity index (χ1n) is 9.94. The minimum Gasteiger partial charge on any atom is -0.450 e. The highest BCUT2D eigenvalue weighted by atomic mass is 127. The number of piperidine rings is 1. The van der Waals surface area contributed by atoms with Crippen molar-refractivity contribution in [2.75, 3.05) is 39.8 Å². The van der Waals surface area contributed by atoms with Gasteiger partial charge < -0.3 is 30.3 Å². The topological polar surface area (TPSA) is 109 Å². The average Bonchev–Trinajstić information content (AvgIpc) is 2.59. The molecule has 0 aromatic carbocycles. The van der Waals surface area contributed by atoms with E-state index in [1.165, 1.54) is 0 Å². The van der Waals surface area contributed by atoms with E-state index in [-0.39, 0.29) is 48.1 Å². The van der Waals surface area contributed by atoms with E-state index in [1.54, 1.807) is 23.8 Å². The number of nitrogens with zero attached hydrogens (tertiary/aromatic N) is 3. The Hall–Kier alpha value is -1.46. The fraction of sp³-hybridized carbons (Fsp3) is 0.842. The highest BCUT2D eigenvalue weighted by molar-refractivity contribution is 14.0. The Bertz CT molecular complexity index is 545. The summed E-state index contributed by atoms with van der Waals surface area (Å²) >= 11 is 0. The molecular formula is C19H38IN5O4. The number of halogens is 1. The van der Waals surface area contributed by atoms with Crippen molar-refractivity contribution in [3.05, 3.63) is 0 Å². The van der Waals surface area contributed by atoms with E-state index >= 15 is 0 Å². The van der Waals surface area contributed by atoms with Gasteiger partial charge in [0.25, 0.3) is 0 Å². The number of rotatable bonds is 6. The zero-order chi connectivity index (χ0) is 21.3. The molecule has 0 aliphatic carbocycles. The number of carbonyl (C=O) groups is 2. The molecule has 0 aromatic rings. The summed E-state index contributed by atoms with van der Waals surface area (Å²) in [5.74, 6) is 0.532. The largest absolute Gasteiger partial charge is 0.450 e. The van der Waals surface area contributed by atoms with Crippen LogP contribution >= 0.6 is 24.0 Å². The third-order valence-electron chi connectivity index (χ3n) is 4.24. The lowest BCUT2D eigenvalue weighted by Crippen LogP contribution is -2.48. The molecule has 10 heteroatoms. The summed E-state index contributed by atoms with van der Waals surface area (Å²) in [6.07, 6.45) is 0.992. The first kappa shape index (κ1) is 27.5. The van der Waals surface area contributed by atoms with Gasteiger partial charge in [0, 0.05) is 39.3 Å². The zero-order valence-corrected chi connectivity index (χ0v) is 20.9. The molecular weight excluding hydrogens is 489 g/mol. The van der Waals surface area contributed by atoms with Crippen LogP contribution < -0.4 is 11.1 Å². The lowest BCUT2D eigenvalue weighted by atomic mass is 10.1. The van der Waals surface area contributed by atoms with Gasteiger partial charge in [0.2, 0.25) is 0 Å². The molecule has 1 aliphatic rings. The van der Waals surface area contributed by atoms with Crippen molar-refractivity contribution in [1.82, 2.24) is 15.1 Å². The molecule has 1 atom stereocenters. The van der Waals surface area contributed by atoms with Crippen LogP contribution in [0.4, 0.5) is 9.59 Å². The number of carbonyl (C=O) groups excluding carboxylic acids is 2. The highest BCUT2D eigenvalue weighted by Gasteiger charge is 2.24. The Morgan fingerprint density at radius 2 is 1.90 bits per heavy atom. The van der Waals surface area contributed by atoms with Gasteiger partial charge in [-0.1, -0.05) is 6.92 Å². The van der Waals surface area contributed by atoms with Crippen molar-refractivity contribution < 1.29 is 19.1 Å². The summed E-state index contributed by atoms with van der Waals surface area (Å²) in [5, 5.41) is 3.22. The van der Waals surface area contributed by atoms with Crippen molar-refractivity contribution >= 4 is 42.1 Å². The number of guanidine groups is 1. The van der Waals surface area contributed by atoms with Gasteiger partial charge in [-0.05, 0) is 46.5 Å². The predicted molar refractivity (Wildman–Crippen MR) is 125 cm³/mol. The Kier molecular flexibility index (Phi) is 12.3. The first-order valence-corrected chi connectivity index (χ1v) is 9.94. The quantitative estimate of drug-likeness (QED) is 0.312. The van der Waals surface area contributed by atoms with E-state index in [9.17, 15) is 9.59 Å². The molecule has 0 aromatic heterocycles. The third kappa shape index (κ3) is 11.3. The lowest BCUT2D eigenvalue weighted by Gasteiger charge is -2.31. The van der Waals surface area contributed by atoms with Crippen LogP contribution in [0, 0.1) is 5.92 Å². The van der Waals surface area contributed by atoms with Crippen LogP contribution in [0.1, 0.15) is 47.5 Å². The molecule has 1 heterocycles. The predicted octanol–water partition coefficient (Wildman–Crippen LogP) is 2.63. The van der Waals surface area contributed by atoms with E-state index in [0.29, 0.717) is 38.7 Å². The molecule has 170 valence electrons. The second kappa shape index (κ2) is 13.0. The van der Waals surface area contributed by atoms with Crippen LogP contribution in [0.25, 0.3) is 0 Å². The van der Waals surface area contributed by atoms with Gasteiger partial charge in [0.15, 0.2) is 5.96 Å². The summed E-state index contributed by atoms with van der Waals surface area (Å²) < 4.78 is 10.4. The Labute approximate surface area is 191 Å². The minimum absolute atomic E-state index is 0. The van der Waals surface area contributed by atoms with E-state index in [2.05, 4.69) is 10.3 Å². The molecule has 3 N–H and O–H groups in total. The number of nitrogens with two attached hydrogens (primary N) is 1. The zero-order valence-electron chi connectivity index (χ0n) is 18.6. The van der Waals surface area contributed by atoms with Gasteiger partial charge in [-0.3, -0.25) is 4.99 Å². The Balaban J connectivity index is 0.00000784. The summed E-state index contributed by atoms with van der Waals surface area (Å²) in [6.45, 7) is 12.0. The maximum Gasteiger partial charge on any atom is 0.410 e. The molecule has 1 aliphatic heterocycles. The number of ether oxygens (including phenoxy) is 2. The van der Waals surface area contributed by atoms with Gasteiger partial charge in [0.05, 0.1) is 6.61 Å².